The molecule has 0 unspecified atom stereocenters. The Kier molecular flexibility index (Phi) is 3.22. The molecule has 2 aromatic heterocycles. The lowest BCUT2D eigenvalue weighted by molar-refractivity contribution is 0.579. The number of hydrogen-bond donors (Lipinski definition) is 3. The van der Waals surface area contributed by atoms with E-state index in [-0.39, 0.29) is 5.56 Å². The van der Waals surface area contributed by atoms with Gasteiger partial charge in [0.2, 0.25) is 5.95 Å². The number of nitrogens with zero attached hydrogens (tertiary/aromatic N) is 2. The van der Waals surface area contributed by atoms with Gasteiger partial charge in [-0.25, -0.2) is 0 Å². The van der Waals surface area contributed by atoms with Crippen LogP contribution in [0.5, 0.6) is 0 Å². The molecule has 100 valence electrons. The average molecular weight is 277 g/mol. The molecule has 6 nitrogen and oxygen atoms in total. The van der Waals surface area contributed by atoms with E-state index in [9.17, 15) is 4.79 Å². The molecule has 0 bridgehead atoms. The maximum Gasteiger partial charge on any atom is 0.263 e. The normalized spacial score (nSPS) is 15.7. The molecule has 0 radical (unpaired) electrons. The molecule has 0 saturated carbocycles. The van der Waals surface area contributed by atoms with Crippen LogP contribution in [0.15, 0.2) is 22.3 Å². The first-order valence-electron chi connectivity index (χ1n) is 6.15. The van der Waals surface area contributed by atoms with Gasteiger partial charge in [0.15, 0.2) is 0 Å². The maximum absolute atomic E-state index is 12.2. The number of aromatic amines is 1. The standard InChI is InChI=1S/C12H15N5OS/c13-10-9(8-2-1-7-19-8)11(18)16-12(15-10)17-5-3-14-4-6-17/h1-2,7,14H,3-6H2,(H3,13,15,16,18). The topological polar surface area (TPSA) is 87.0 Å². The molecular weight excluding hydrogens is 262 g/mol. The van der Waals surface area contributed by atoms with Crippen molar-refractivity contribution in [1.29, 1.82) is 0 Å². The third-order valence-corrected chi connectivity index (χ3v) is 4.01. The first kappa shape index (κ1) is 12.2. The van der Waals surface area contributed by atoms with Gasteiger partial charge in [0.1, 0.15) is 5.82 Å². The number of rotatable bonds is 2. The van der Waals surface area contributed by atoms with Crippen LogP contribution >= 0.6 is 11.3 Å². The van der Waals surface area contributed by atoms with E-state index in [2.05, 4.69) is 15.3 Å². The Morgan fingerprint density at radius 3 is 2.79 bits per heavy atom. The molecule has 0 aromatic carbocycles. The third kappa shape index (κ3) is 2.34. The summed E-state index contributed by atoms with van der Waals surface area (Å²) in [4.78, 5) is 22.2. The van der Waals surface area contributed by atoms with Crippen molar-refractivity contribution < 1.29 is 0 Å². The maximum atomic E-state index is 12.2. The fourth-order valence-corrected chi connectivity index (χ4v) is 2.94. The number of thiophene rings is 1. The summed E-state index contributed by atoms with van der Waals surface area (Å²) in [6.07, 6.45) is 0. The van der Waals surface area contributed by atoms with Crippen molar-refractivity contribution in [3.05, 3.63) is 27.9 Å². The summed E-state index contributed by atoms with van der Waals surface area (Å²) in [5.74, 6) is 0.851. The Hall–Kier alpha value is -1.86. The summed E-state index contributed by atoms with van der Waals surface area (Å²) in [5, 5.41) is 5.17. The smallest absolute Gasteiger partial charge is 0.263 e. The van der Waals surface area contributed by atoms with Gasteiger partial charge in [0.05, 0.1) is 5.56 Å². The molecule has 0 amide bonds. The van der Waals surface area contributed by atoms with Gasteiger partial charge >= 0.3 is 0 Å². The van der Waals surface area contributed by atoms with Crippen molar-refractivity contribution in [1.82, 2.24) is 15.3 Å². The van der Waals surface area contributed by atoms with Gasteiger partial charge in [-0.1, -0.05) is 6.07 Å². The molecule has 0 spiro atoms. The molecule has 2 aromatic rings. The van der Waals surface area contributed by atoms with Crippen LogP contribution in [0, 0.1) is 0 Å². The number of H-pyrrole nitrogens is 1. The van der Waals surface area contributed by atoms with E-state index in [1.807, 2.05) is 22.4 Å². The molecule has 1 aliphatic rings. The summed E-state index contributed by atoms with van der Waals surface area (Å²) >= 11 is 1.48. The molecule has 3 rings (SSSR count). The lowest BCUT2D eigenvalue weighted by Crippen LogP contribution is -2.44. The van der Waals surface area contributed by atoms with Crippen molar-refractivity contribution in [2.75, 3.05) is 36.8 Å². The SMILES string of the molecule is Nc1nc(N2CCNCC2)[nH]c(=O)c1-c1cccs1. The van der Waals surface area contributed by atoms with Crippen LogP contribution in [0.4, 0.5) is 11.8 Å². The molecule has 0 aliphatic carbocycles. The lowest BCUT2D eigenvalue weighted by Gasteiger charge is -2.27. The van der Waals surface area contributed by atoms with Gasteiger partial charge in [-0.05, 0) is 11.4 Å². The van der Waals surface area contributed by atoms with Gasteiger partial charge in [-0.15, -0.1) is 11.3 Å². The van der Waals surface area contributed by atoms with Crippen molar-refractivity contribution in [2.24, 2.45) is 0 Å². The third-order valence-electron chi connectivity index (χ3n) is 3.12. The van der Waals surface area contributed by atoms with E-state index in [0.717, 1.165) is 31.1 Å². The summed E-state index contributed by atoms with van der Waals surface area (Å²) in [5.41, 5.74) is 6.24. The molecule has 7 heteroatoms. The Morgan fingerprint density at radius 1 is 1.37 bits per heavy atom. The number of aromatic nitrogens is 2. The number of nitrogens with one attached hydrogen (secondary N) is 2. The minimum absolute atomic E-state index is 0.177. The van der Waals surface area contributed by atoms with Gasteiger partial charge < -0.3 is 16.0 Å². The van der Waals surface area contributed by atoms with Crippen molar-refractivity contribution >= 4 is 23.1 Å². The fourth-order valence-electron chi connectivity index (χ4n) is 2.16. The average Bonchev–Trinajstić information content (AvgIpc) is 2.93. The van der Waals surface area contributed by atoms with Gasteiger partial charge in [0.25, 0.3) is 5.56 Å². The highest BCUT2D eigenvalue weighted by Gasteiger charge is 2.17. The van der Waals surface area contributed by atoms with E-state index < -0.39 is 0 Å². The van der Waals surface area contributed by atoms with Gasteiger partial charge in [-0.2, -0.15) is 4.98 Å². The number of nitrogens with two attached hydrogens (primary N) is 1. The zero-order chi connectivity index (χ0) is 13.2. The summed E-state index contributed by atoms with van der Waals surface area (Å²) in [6.45, 7) is 3.41. The molecule has 0 atom stereocenters. The molecular formula is C12H15N5OS. The van der Waals surface area contributed by atoms with Crippen LogP contribution < -0.4 is 21.5 Å². The van der Waals surface area contributed by atoms with E-state index in [0.29, 0.717) is 17.3 Å². The number of piperazine rings is 1. The van der Waals surface area contributed by atoms with Gasteiger partial charge in [0, 0.05) is 31.1 Å². The van der Waals surface area contributed by atoms with Crippen LogP contribution in [-0.4, -0.2) is 36.1 Å². The quantitative estimate of drug-likeness (QED) is 0.743. The van der Waals surface area contributed by atoms with E-state index in [4.69, 9.17) is 5.73 Å². The summed E-state index contributed by atoms with van der Waals surface area (Å²) in [7, 11) is 0. The minimum Gasteiger partial charge on any atom is -0.383 e. The first-order valence-corrected chi connectivity index (χ1v) is 7.03. The molecule has 19 heavy (non-hydrogen) atoms. The highest BCUT2D eigenvalue weighted by Crippen LogP contribution is 2.26. The van der Waals surface area contributed by atoms with Crippen LogP contribution in [0.25, 0.3) is 10.4 Å². The molecule has 4 N–H and O–H groups in total. The van der Waals surface area contributed by atoms with Crippen LogP contribution in [0.3, 0.4) is 0 Å². The monoisotopic (exact) mass is 277 g/mol. The Balaban J connectivity index is 2.00. The highest BCUT2D eigenvalue weighted by molar-refractivity contribution is 7.13. The van der Waals surface area contributed by atoms with Crippen molar-refractivity contribution in [3.8, 4) is 10.4 Å². The lowest BCUT2D eigenvalue weighted by atomic mass is 10.2. The molecule has 1 saturated heterocycles. The van der Waals surface area contributed by atoms with E-state index >= 15 is 0 Å². The summed E-state index contributed by atoms with van der Waals surface area (Å²) < 4.78 is 0. The number of hydrogen-bond acceptors (Lipinski definition) is 6. The number of nitrogen functional groups attached to an aromatic ring is 1. The van der Waals surface area contributed by atoms with Crippen LogP contribution in [-0.2, 0) is 0 Å². The zero-order valence-corrected chi connectivity index (χ0v) is 11.2. The highest BCUT2D eigenvalue weighted by atomic mass is 32.1. The second kappa shape index (κ2) is 5.02. The molecule has 3 heterocycles. The predicted molar refractivity (Wildman–Crippen MR) is 77.7 cm³/mol. The minimum atomic E-state index is -0.177. The Labute approximate surface area is 114 Å². The second-order valence-electron chi connectivity index (χ2n) is 4.36. The molecule has 1 fully saturated rings. The Bertz CT molecular complexity index is 616. The van der Waals surface area contributed by atoms with E-state index in [1.165, 1.54) is 11.3 Å². The van der Waals surface area contributed by atoms with Crippen molar-refractivity contribution in [3.63, 3.8) is 0 Å². The van der Waals surface area contributed by atoms with Crippen LogP contribution in [0.1, 0.15) is 0 Å². The van der Waals surface area contributed by atoms with E-state index in [1.54, 1.807) is 0 Å². The molecule has 1 aliphatic heterocycles. The van der Waals surface area contributed by atoms with Crippen LogP contribution in [0.2, 0.25) is 0 Å². The first-order chi connectivity index (χ1) is 9.25. The zero-order valence-electron chi connectivity index (χ0n) is 10.3. The predicted octanol–water partition coefficient (Wildman–Crippen LogP) is 0.490. The number of anilines is 2. The Morgan fingerprint density at radius 2 is 2.16 bits per heavy atom. The largest absolute Gasteiger partial charge is 0.383 e. The fraction of sp³-hybridized carbons (Fsp3) is 0.333. The van der Waals surface area contributed by atoms with Crippen molar-refractivity contribution in [2.45, 2.75) is 0 Å². The second-order valence-corrected chi connectivity index (χ2v) is 5.31. The summed E-state index contributed by atoms with van der Waals surface area (Å²) in [6, 6.07) is 3.76. The van der Waals surface area contributed by atoms with Gasteiger partial charge in [-0.3, -0.25) is 9.78 Å².